The van der Waals surface area contributed by atoms with Crippen LogP contribution in [0.15, 0.2) is 34.4 Å². The zero-order valence-electron chi connectivity index (χ0n) is 19.6. The molecule has 31 heavy (non-hydrogen) atoms. The van der Waals surface area contributed by atoms with Crippen molar-refractivity contribution in [2.75, 3.05) is 12.5 Å². The molecular formula is C22H36O6S2Zr. The Labute approximate surface area is 209 Å². The van der Waals surface area contributed by atoms with Crippen LogP contribution in [0, 0.1) is 12.2 Å². The second-order valence-electron chi connectivity index (χ2n) is 7.11. The summed E-state index contributed by atoms with van der Waals surface area (Å²) in [6.07, 6.45) is 22.2. The van der Waals surface area contributed by atoms with Crippen molar-refractivity contribution >= 4 is 20.2 Å². The van der Waals surface area contributed by atoms with Crippen LogP contribution >= 0.6 is 0 Å². The first-order valence-corrected chi connectivity index (χ1v) is 13.7. The van der Waals surface area contributed by atoms with E-state index in [2.05, 4.69) is 52.0 Å². The molecule has 6 nitrogen and oxygen atoms in total. The molecule has 0 saturated carbocycles. The third kappa shape index (κ3) is 29.7. The van der Waals surface area contributed by atoms with Crippen LogP contribution in [0.25, 0.3) is 0 Å². The normalized spacial score (nSPS) is 14.7. The molecule has 9 heteroatoms. The van der Waals surface area contributed by atoms with Gasteiger partial charge in [0.1, 0.15) is 0 Å². The maximum atomic E-state index is 9.08. The summed E-state index contributed by atoms with van der Waals surface area (Å²) < 4.78 is 54.5. The molecule has 0 aromatic heterocycles. The first-order chi connectivity index (χ1) is 13.7. The summed E-state index contributed by atoms with van der Waals surface area (Å²) in [4.78, 5) is 0. The average Bonchev–Trinajstić information content (AvgIpc) is 3.16. The van der Waals surface area contributed by atoms with Crippen molar-refractivity contribution < 1.29 is 52.1 Å². The Morgan fingerprint density at radius 3 is 1.19 bits per heavy atom. The third-order valence-electron chi connectivity index (χ3n) is 3.96. The molecule has 0 amide bonds. The fourth-order valence-electron chi connectivity index (χ4n) is 2.46. The molecule has 0 aromatic carbocycles. The van der Waals surface area contributed by atoms with Gasteiger partial charge in [-0.15, -0.1) is 26.7 Å². The summed E-state index contributed by atoms with van der Waals surface area (Å²) >= 11 is 0. The van der Waals surface area contributed by atoms with Gasteiger partial charge in [-0.1, -0.05) is 52.4 Å². The van der Waals surface area contributed by atoms with Gasteiger partial charge in [-0.05, 0) is 0 Å². The summed E-state index contributed by atoms with van der Waals surface area (Å²) in [6.45, 7) is 8.83. The Hall–Kier alpha value is -0.337. The van der Waals surface area contributed by atoms with Crippen LogP contribution in [0.4, 0.5) is 0 Å². The number of unbranched alkanes of at least 4 members (excludes halogenated alkanes) is 2. The minimum atomic E-state index is -3.92. The fourth-order valence-corrected chi connectivity index (χ4v) is 2.46. The van der Waals surface area contributed by atoms with Crippen LogP contribution in [0.3, 0.4) is 0 Å². The van der Waals surface area contributed by atoms with E-state index < -0.39 is 20.2 Å². The van der Waals surface area contributed by atoms with E-state index >= 15 is 0 Å². The van der Waals surface area contributed by atoms with Gasteiger partial charge in [0, 0.05) is 12.5 Å². The molecule has 0 atom stereocenters. The van der Waals surface area contributed by atoms with Crippen molar-refractivity contribution in [1.29, 1.82) is 0 Å². The van der Waals surface area contributed by atoms with Gasteiger partial charge in [-0.3, -0.25) is 12.2 Å². The predicted molar refractivity (Wildman–Crippen MR) is 121 cm³/mol. The Morgan fingerprint density at radius 2 is 1.03 bits per heavy atom. The third-order valence-corrected chi connectivity index (χ3v) is 3.96. The van der Waals surface area contributed by atoms with E-state index in [0.29, 0.717) is 12.5 Å². The smallest absolute Gasteiger partial charge is 0.748 e. The molecule has 176 valence electrons. The van der Waals surface area contributed by atoms with Crippen LogP contribution in [0.1, 0.15) is 79.1 Å². The summed E-state index contributed by atoms with van der Waals surface area (Å²) in [7, 11) is -7.83. The van der Waals surface area contributed by atoms with Crippen molar-refractivity contribution in [2.24, 2.45) is 0 Å². The Bertz CT molecular complexity index is 734. The van der Waals surface area contributed by atoms with Gasteiger partial charge in [-0.25, -0.2) is 39.1 Å². The molecule has 0 spiro atoms. The van der Waals surface area contributed by atoms with Gasteiger partial charge < -0.3 is 9.11 Å². The van der Waals surface area contributed by atoms with E-state index in [0.717, 1.165) is 12.8 Å². The molecule has 0 unspecified atom stereocenters. The standard InChI is InChI=1S/2C10H15.2CH4O3S.Zr/c2*1-3-4-7-10-8-5-6-9(10)2;2*1-5(2,3)4;/h2*6H,3-5,7H2,1-2H3;2*1H3,(H,2,3,4);/q2*-1;;;+4/p-2. The molecule has 0 aliphatic heterocycles. The van der Waals surface area contributed by atoms with Gasteiger partial charge in [0.15, 0.2) is 0 Å². The summed E-state index contributed by atoms with van der Waals surface area (Å²) in [5, 5.41) is 0. The molecule has 0 saturated heterocycles. The number of hydrogen-bond donors (Lipinski definition) is 0. The van der Waals surface area contributed by atoms with Gasteiger partial charge in [-0.2, -0.15) is 12.2 Å². The van der Waals surface area contributed by atoms with Crippen LogP contribution < -0.4 is 0 Å². The molecule has 2 aliphatic carbocycles. The fraction of sp³-hybridized carbons (Fsp3) is 0.636. The summed E-state index contributed by atoms with van der Waals surface area (Å²) in [5.74, 6) is 0. The molecule has 0 aromatic rings. The maximum absolute atomic E-state index is 9.08. The van der Waals surface area contributed by atoms with Crippen molar-refractivity contribution in [1.82, 2.24) is 0 Å². The van der Waals surface area contributed by atoms with Crippen LogP contribution in [0.2, 0.25) is 0 Å². The van der Waals surface area contributed by atoms with E-state index in [4.69, 9.17) is 25.9 Å². The zero-order chi connectivity index (χ0) is 23.8. The number of rotatable bonds is 6. The van der Waals surface area contributed by atoms with Gasteiger partial charge in [0.25, 0.3) is 0 Å². The molecular weight excluding hydrogens is 516 g/mol. The second-order valence-corrected chi connectivity index (χ2v) is 9.93. The van der Waals surface area contributed by atoms with Crippen molar-refractivity contribution in [2.45, 2.75) is 79.1 Å². The minimum absolute atomic E-state index is 0. The summed E-state index contributed by atoms with van der Waals surface area (Å²) in [5.41, 5.74) is 5.82. The van der Waals surface area contributed by atoms with Crippen LogP contribution in [-0.2, 0) is 46.4 Å². The van der Waals surface area contributed by atoms with Crippen molar-refractivity contribution in [3.8, 4) is 0 Å². The van der Waals surface area contributed by atoms with Gasteiger partial charge in [0.2, 0.25) is 0 Å². The molecule has 0 fully saturated rings. The average molecular weight is 552 g/mol. The molecule has 0 radical (unpaired) electrons. The minimum Gasteiger partial charge on any atom is -0.748 e. The maximum Gasteiger partial charge on any atom is 4.00 e. The largest absolute Gasteiger partial charge is 4.00 e. The van der Waals surface area contributed by atoms with E-state index in [9.17, 15) is 0 Å². The van der Waals surface area contributed by atoms with Crippen LogP contribution in [0.5, 0.6) is 0 Å². The first kappa shape index (κ1) is 35.3. The van der Waals surface area contributed by atoms with E-state index in [1.807, 2.05) is 0 Å². The monoisotopic (exact) mass is 550 g/mol. The van der Waals surface area contributed by atoms with E-state index in [1.165, 1.54) is 60.8 Å². The van der Waals surface area contributed by atoms with Gasteiger partial charge >= 0.3 is 26.2 Å². The number of allylic oxidation sites excluding steroid dienone is 8. The topological polar surface area (TPSA) is 114 Å². The Morgan fingerprint density at radius 1 is 0.774 bits per heavy atom. The Kier molecular flexibility index (Phi) is 21.8. The zero-order valence-corrected chi connectivity index (χ0v) is 23.7. The van der Waals surface area contributed by atoms with Crippen LogP contribution in [-0.4, -0.2) is 38.5 Å². The SMILES string of the molecule is CCCCC1=[C-]CC=C1C.CCCCC1=[C-]CC=C1C.CS(=O)(=O)[O-].CS(=O)(=O)[O-].[Zr+4]. The molecule has 2 rings (SSSR count). The number of hydrogen-bond acceptors (Lipinski definition) is 6. The van der Waals surface area contributed by atoms with E-state index in [1.54, 1.807) is 0 Å². The quantitative estimate of drug-likeness (QED) is 0.345. The molecule has 0 bridgehead atoms. The van der Waals surface area contributed by atoms with Crippen molar-refractivity contribution in [3.05, 3.63) is 46.6 Å². The summed E-state index contributed by atoms with van der Waals surface area (Å²) in [6, 6.07) is 0. The predicted octanol–water partition coefficient (Wildman–Crippen LogP) is 4.83. The molecule has 2 aliphatic rings. The second kappa shape index (κ2) is 19.2. The van der Waals surface area contributed by atoms with E-state index in [-0.39, 0.29) is 26.2 Å². The molecule has 0 heterocycles. The molecule has 0 N–H and O–H groups in total. The van der Waals surface area contributed by atoms with Gasteiger partial charge in [0.05, 0.1) is 20.2 Å². The Balaban J connectivity index is -0.000000353. The first-order valence-electron chi connectivity index (χ1n) is 10.0. The van der Waals surface area contributed by atoms with Crippen molar-refractivity contribution in [3.63, 3.8) is 0 Å².